The van der Waals surface area contributed by atoms with Crippen LogP contribution < -0.4 is 10.6 Å². The second-order valence-corrected chi connectivity index (χ2v) is 7.36. The summed E-state index contributed by atoms with van der Waals surface area (Å²) in [5.74, 6) is 0.519. The number of amides is 2. The molecule has 0 atom stereocenters. The Morgan fingerprint density at radius 1 is 1.25 bits per heavy atom. The summed E-state index contributed by atoms with van der Waals surface area (Å²) in [5.41, 5.74) is 4.86. The summed E-state index contributed by atoms with van der Waals surface area (Å²) in [6.45, 7) is 8.01. The normalized spacial score (nSPS) is 12.1. The van der Waals surface area contributed by atoms with Crippen molar-refractivity contribution in [1.29, 1.82) is 0 Å². The number of hydrogen-bond acceptors (Lipinski definition) is 5. The zero-order chi connectivity index (χ0) is 22.2. The first-order valence-corrected chi connectivity index (χ1v) is 10.3. The quantitative estimate of drug-likeness (QED) is 0.407. The number of nitrogens with one attached hydrogen (secondary N) is 2. The third-order valence-corrected chi connectivity index (χ3v) is 4.67. The molecule has 3 aromatic rings. The van der Waals surface area contributed by atoms with Crippen molar-refractivity contribution in [3.63, 3.8) is 0 Å². The molecule has 2 aromatic heterocycles. The van der Waals surface area contributed by atoms with E-state index in [1.165, 1.54) is 0 Å². The van der Waals surface area contributed by atoms with Crippen LogP contribution in [0.25, 0.3) is 11.3 Å². The molecule has 1 fully saturated rings. The number of rotatable bonds is 5. The van der Waals surface area contributed by atoms with Crippen molar-refractivity contribution >= 4 is 17.7 Å². The van der Waals surface area contributed by atoms with Gasteiger partial charge in [0.05, 0.1) is 17.6 Å². The molecule has 3 heterocycles. The molecule has 1 aliphatic rings. The third-order valence-electron chi connectivity index (χ3n) is 4.67. The summed E-state index contributed by atoms with van der Waals surface area (Å²) in [5, 5.41) is 10.2. The standard InChI is InChI=1S/C20H22N7O.C3H7.U/c1-14-10-15(4-5-16(14)11-22-20(28)27-8-3-9-27)18-6-7-21-19(25-18)24-17-12-23-26(2)13-17;1-3-2;/h3-7,10,12-13H,8-9,11H2,1-2H3,(H,22,28)(H,21,24,25);3H,1-2H3;/q2*-1;+2. The van der Waals surface area contributed by atoms with Gasteiger partial charge in [0.1, 0.15) is 0 Å². The molecule has 2 N–H and O–H groups in total. The first-order valence-electron chi connectivity index (χ1n) is 10.3. The van der Waals surface area contributed by atoms with Gasteiger partial charge < -0.3 is 22.0 Å². The van der Waals surface area contributed by atoms with E-state index in [-0.39, 0.29) is 37.1 Å². The molecule has 1 saturated heterocycles. The smallest absolute Gasteiger partial charge is 0.384 e. The van der Waals surface area contributed by atoms with Crippen LogP contribution in [-0.2, 0) is 13.6 Å². The van der Waals surface area contributed by atoms with E-state index in [1.807, 2.05) is 58.6 Å². The maximum Gasteiger partial charge on any atom is 2.00 e. The minimum Gasteiger partial charge on any atom is -0.384 e. The second kappa shape index (κ2) is 12.6. The van der Waals surface area contributed by atoms with Crippen LogP contribution in [-0.4, -0.2) is 43.8 Å². The number of carbonyl (C=O) groups is 1. The van der Waals surface area contributed by atoms with E-state index >= 15 is 0 Å². The van der Waals surface area contributed by atoms with Crippen molar-refractivity contribution in [2.75, 3.05) is 18.4 Å². The van der Waals surface area contributed by atoms with Crippen molar-refractivity contribution in [3.05, 3.63) is 66.8 Å². The summed E-state index contributed by atoms with van der Waals surface area (Å²) in [6.07, 6.45) is 9.39. The summed E-state index contributed by atoms with van der Waals surface area (Å²) in [7, 11) is 1.86. The minimum atomic E-state index is -0.0205. The van der Waals surface area contributed by atoms with Crippen LogP contribution in [0.4, 0.5) is 16.4 Å². The maximum absolute atomic E-state index is 12.0. The zero-order valence-electron chi connectivity index (χ0n) is 19.0. The van der Waals surface area contributed by atoms with E-state index < -0.39 is 0 Å². The molecule has 4 rings (SSSR count). The number of anilines is 2. The van der Waals surface area contributed by atoms with Gasteiger partial charge in [-0.1, -0.05) is 12.1 Å². The molecule has 1 aliphatic heterocycles. The molecule has 0 saturated carbocycles. The summed E-state index contributed by atoms with van der Waals surface area (Å²) < 4.78 is 1.72. The fourth-order valence-electron chi connectivity index (χ4n) is 2.95. The Kier molecular flexibility index (Phi) is 10.2. The summed E-state index contributed by atoms with van der Waals surface area (Å²) in [4.78, 5) is 22.6. The predicted octanol–water partition coefficient (Wildman–Crippen LogP) is 3.89. The number of benzene rings is 1. The van der Waals surface area contributed by atoms with Crippen molar-refractivity contribution in [2.24, 2.45) is 7.05 Å². The molecular formula is C23H29N7OU. The fourth-order valence-corrected chi connectivity index (χ4v) is 2.95. The van der Waals surface area contributed by atoms with Gasteiger partial charge in [0.25, 0.3) is 0 Å². The molecule has 9 heteroatoms. The van der Waals surface area contributed by atoms with Crippen molar-refractivity contribution in [3.8, 4) is 11.3 Å². The van der Waals surface area contributed by atoms with Crippen LogP contribution in [0.3, 0.4) is 0 Å². The topological polar surface area (TPSA) is 88.0 Å². The van der Waals surface area contributed by atoms with Crippen LogP contribution in [0.1, 0.15) is 25.0 Å². The average molecular weight is 658 g/mol. The Morgan fingerprint density at radius 2 is 2.00 bits per heavy atom. The van der Waals surface area contributed by atoms with E-state index in [1.54, 1.807) is 22.0 Å². The van der Waals surface area contributed by atoms with Gasteiger partial charge >= 0.3 is 37.1 Å². The van der Waals surface area contributed by atoms with Gasteiger partial charge in [-0.05, 0) is 30.2 Å². The molecule has 32 heavy (non-hydrogen) atoms. The van der Waals surface area contributed by atoms with Crippen LogP contribution in [0.5, 0.6) is 0 Å². The van der Waals surface area contributed by atoms with Crippen LogP contribution in [0.15, 0.2) is 42.9 Å². The van der Waals surface area contributed by atoms with Gasteiger partial charge in [-0.25, -0.2) is 14.8 Å². The molecular weight excluding hydrogens is 628 g/mol. The van der Waals surface area contributed by atoms with Gasteiger partial charge in [0.15, 0.2) is 0 Å². The average Bonchev–Trinajstić information content (AvgIpc) is 3.11. The molecule has 0 radical (unpaired) electrons. The summed E-state index contributed by atoms with van der Waals surface area (Å²) in [6, 6.07) is 7.99. The van der Waals surface area contributed by atoms with E-state index in [2.05, 4.69) is 38.2 Å². The number of aryl methyl sites for hydroxylation is 2. The number of urea groups is 1. The van der Waals surface area contributed by atoms with Crippen molar-refractivity contribution < 1.29 is 35.9 Å². The van der Waals surface area contributed by atoms with E-state index in [0.717, 1.165) is 41.2 Å². The van der Waals surface area contributed by atoms with Gasteiger partial charge in [-0.2, -0.15) is 18.9 Å². The molecule has 2 amide bonds. The van der Waals surface area contributed by atoms with Gasteiger partial charge in [0, 0.05) is 31.5 Å². The summed E-state index contributed by atoms with van der Waals surface area (Å²) >= 11 is 0. The van der Waals surface area contributed by atoms with Crippen LogP contribution in [0, 0.1) is 50.9 Å². The van der Waals surface area contributed by atoms with Gasteiger partial charge in [-0.15, -0.1) is 13.1 Å². The number of nitrogens with zero attached hydrogens (tertiary/aromatic N) is 5. The molecule has 8 nitrogen and oxygen atoms in total. The Labute approximate surface area is 213 Å². The largest absolute Gasteiger partial charge is 2.00 e. The SMILES string of the molecule is C[CH-]C.Cc1cc(-c2ccnc(Nc3cnn(C)c3)n2)ccc1CNC(=O)N1C[CH-]C1.[U+2]. The Bertz CT molecular complexity index is 1020. The monoisotopic (exact) mass is 657 g/mol. The Balaban J connectivity index is 0.000000860. The van der Waals surface area contributed by atoms with Crippen LogP contribution in [0.2, 0.25) is 0 Å². The molecule has 1 aromatic carbocycles. The van der Waals surface area contributed by atoms with Crippen molar-refractivity contribution in [1.82, 2.24) is 30.0 Å². The molecule has 0 aliphatic carbocycles. The van der Waals surface area contributed by atoms with Gasteiger partial charge in [0.2, 0.25) is 5.95 Å². The molecule has 0 unspecified atom stereocenters. The first-order chi connectivity index (χ1) is 15.0. The van der Waals surface area contributed by atoms with Crippen LogP contribution >= 0.6 is 0 Å². The van der Waals surface area contributed by atoms with E-state index in [0.29, 0.717) is 12.5 Å². The van der Waals surface area contributed by atoms with Gasteiger partial charge in [-0.3, -0.25) is 11.1 Å². The Morgan fingerprint density at radius 3 is 2.59 bits per heavy atom. The second-order valence-electron chi connectivity index (χ2n) is 7.36. The number of aromatic nitrogens is 4. The fraction of sp³-hybridized carbons (Fsp3) is 0.304. The number of carbonyl (C=O) groups excluding carboxylic acids is 1. The maximum atomic E-state index is 12.0. The number of hydrogen-bond donors (Lipinski definition) is 2. The van der Waals surface area contributed by atoms with E-state index in [9.17, 15) is 4.79 Å². The van der Waals surface area contributed by atoms with E-state index in [4.69, 9.17) is 0 Å². The predicted molar refractivity (Wildman–Crippen MR) is 122 cm³/mol. The molecule has 0 bridgehead atoms. The molecule has 166 valence electrons. The Hall–Kier alpha value is -2.37. The minimum absolute atomic E-state index is 0. The molecule has 0 spiro atoms. The zero-order valence-corrected chi connectivity index (χ0v) is 23.1. The first kappa shape index (κ1) is 25.9. The number of likely N-dealkylation sites (tertiary alicyclic amines) is 1. The van der Waals surface area contributed by atoms with Crippen molar-refractivity contribution in [2.45, 2.75) is 27.3 Å². The third kappa shape index (κ3) is 7.07.